The van der Waals surface area contributed by atoms with Crippen molar-refractivity contribution in [3.8, 4) is 0 Å². The Balaban J connectivity index is 2.19. The van der Waals surface area contributed by atoms with Crippen molar-refractivity contribution < 1.29 is 18.3 Å². The lowest BCUT2D eigenvalue weighted by Crippen LogP contribution is -2.27. The standard InChI is InChI=1S/C12H15NO4S/c1-2-8-7-11(8)13-18(16,17)10-5-3-4-9(6-10)12(14)15/h3-6,8,11,13H,2,7H2,1H3,(H,14,15). The number of carbonyl (C=O) groups is 1. The van der Waals surface area contributed by atoms with Crippen LogP contribution in [0.5, 0.6) is 0 Å². The zero-order chi connectivity index (χ0) is 13.3. The van der Waals surface area contributed by atoms with E-state index in [1.165, 1.54) is 24.3 Å². The molecule has 0 spiro atoms. The minimum Gasteiger partial charge on any atom is -0.478 e. The van der Waals surface area contributed by atoms with E-state index in [9.17, 15) is 13.2 Å². The number of benzene rings is 1. The van der Waals surface area contributed by atoms with Crippen LogP contribution >= 0.6 is 0 Å². The van der Waals surface area contributed by atoms with Gasteiger partial charge in [-0.2, -0.15) is 0 Å². The van der Waals surface area contributed by atoms with Gasteiger partial charge in [-0.3, -0.25) is 0 Å². The number of sulfonamides is 1. The molecule has 5 nitrogen and oxygen atoms in total. The van der Waals surface area contributed by atoms with Crippen molar-refractivity contribution in [2.45, 2.75) is 30.7 Å². The monoisotopic (exact) mass is 269 g/mol. The van der Waals surface area contributed by atoms with Crippen LogP contribution in [0.1, 0.15) is 30.1 Å². The molecule has 2 rings (SSSR count). The fourth-order valence-corrected chi connectivity index (χ4v) is 3.27. The smallest absolute Gasteiger partial charge is 0.335 e. The molecule has 0 aromatic heterocycles. The van der Waals surface area contributed by atoms with Crippen LogP contribution in [-0.4, -0.2) is 25.5 Å². The molecule has 2 unspecified atom stereocenters. The largest absolute Gasteiger partial charge is 0.478 e. The Morgan fingerprint density at radius 2 is 2.22 bits per heavy atom. The summed E-state index contributed by atoms with van der Waals surface area (Å²) in [5.74, 6) is -0.729. The van der Waals surface area contributed by atoms with Gasteiger partial charge in [0.1, 0.15) is 0 Å². The molecule has 98 valence electrons. The number of nitrogens with one attached hydrogen (secondary N) is 1. The first-order valence-electron chi connectivity index (χ1n) is 5.79. The van der Waals surface area contributed by atoms with E-state index in [1.54, 1.807) is 0 Å². The van der Waals surface area contributed by atoms with E-state index in [-0.39, 0.29) is 16.5 Å². The molecule has 1 aliphatic rings. The lowest BCUT2D eigenvalue weighted by molar-refractivity contribution is 0.0696. The highest BCUT2D eigenvalue weighted by Crippen LogP contribution is 2.34. The Morgan fingerprint density at radius 1 is 1.50 bits per heavy atom. The van der Waals surface area contributed by atoms with Gasteiger partial charge in [-0.05, 0) is 30.5 Å². The molecule has 0 aliphatic heterocycles. The Kier molecular flexibility index (Phi) is 3.41. The van der Waals surface area contributed by atoms with Crippen molar-refractivity contribution in [2.24, 2.45) is 5.92 Å². The summed E-state index contributed by atoms with van der Waals surface area (Å²) in [6.45, 7) is 2.02. The Hall–Kier alpha value is -1.40. The van der Waals surface area contributed by atoms with Crippen LogP contribution in [0, 0.1) is 5.92 Å². The van der Waals surface area contributed by atoms with Crippen LogP contribution in [0.25, 0.3) is 0 Å². The average Bonchev–Trinajstić information content (AvgIpc) is 3.07. The molecular formula is C12H15NO4S. The SMILES string of the molecule is CCC1CC1NS(=O)(=O)c1cccc(C(=O)O)c1. The van der Waals surface area contributed by atoms with Crippen LogP contribution in [0.15, 0.2) is 29.2 Å². The topological polar surface area (TPSA) is 83.5 Å². The van der Waals surface area contributed by atoms with Gasteiger partial charge in [-0.15, -0.1) is 0 Å². The maximum atomic E-state index is 12.0. The summed E-state index contributed by atoms with van der Waals surface area (Å²) in [7, 11) is -3.61. The van der Waals surface area contributed by atoms with E-state index >= 15 is 0 Å². The summed E-state index contributed by atoms with van der Waals surface area (Å²) >= 11 is 0. The lowest BCUT2D eigenvalue weighted by Gasteiger charge is -2.06. The van der Waals surface area contributed by atoms with Gasteiger partial charge in [-0.25, -0.2) is 17.9 Å². The summed E-state index contributed by atoms with van der Waals surface area (Å²) in [6.07, 6.45) is 1.80. The maximum absolute atomic E-state index is 12.0. The van der Waals surface area contributed by atoms with Gasteiger partial charge in [0.15, 0.2) is 0 Å². The molecule has 1 aromatic rings. The fraction of sp³-hybridized carbons (Fsp3) is 0.417. The number of hydrogen-bond donors (Lipinski definition) is 2. The van der Waals surface area contributed by atoms with Gasteiger partial charge >= 0.3 is 5.97 Å². The number of hydrogen-bond acceptors (Lipinski definition) is 3. The second kappa shape index (κ2) is 4.70. The van der Waals surface area contributed by atoms with Crippen molar-refractivity contribution in [1.29, 1.82) is 0 Å². The summed E-state index contributed by atoms with van der Waals surface area (Å²) in [4.78, 5) is 10.8. The zero-order valence-electron chi connectivity index (χ0n) is 9.96. The third kappa shape index (κ3) is 2.70. The van der Waals surface area contributed by atoms with Crippen LogP contribution in [0.2, 0.25) is 0 Å². The van der Waals surface area contributed by atoms with Crippen LogP contribution in [0.4, 0.5) is 0 Å². The zero-order valence-corrected chi connectivity index (χ0v) is 10.8. The van der Waals surface area contributed by atoms with E-state index in [2.05, 4.69) is 4.72 Å². The molecule has 2 N–H and O–H groups in total. The maximum Gasteiger partial charge on any atom is 0.335 e. The molecule has 0 amide bonds. The molecule has 6 heteroatoms. The fourth-order valence-electron chi connectivity index (χ4n) is 1.91. The first-order valence-corrected chi connectivity index (χ1v) is 7.28. The predicted molar refractivity (Wildman–Crippen MR) is 65.9 cm³/mol. The highest BCUT2D eigenvalue weighted by Gasteiger charge is 2.38. The average molecular weight is 269 g/mol. The molecule has 18 heavy (non-hydrogen) atoms. The number of carboxylic acid groups (broad SMARTS) is 1. The molecule has 1 fully saturated rings. The van der Waals surface area contributed by atoms with E-state index in [4.69, 9.17) is 5.11 Å². The number of aromatic carboxylic acids is 1. The summed E-state index contributed by atoms with van der Waals surface area (Å²) in [5, 5.41) is 8.83. The molecule has 0 heterocycles. The second-order valence-corrected chi connectivity index (χ2v) is 6.18. The van der Waals surface area contributed by atoms with Crippen LogP contribution in [-0.2, 0) is 10.0 Å². The minimum atomic E-state index is -3.61. The molecule has 1 saturated carbocycles. The van der Waals surface area contributed by atoms with Gasteiger partial charge in [0, 0.05) is 6.04 Å². The number of rotatable bonds is 5. The van der Waals surface area contributed by atoms with E-state index in [1.807, 2.05) is 6.92 Å². The van der Waals surface area contributed by atoms with E-state index in [0.717, 1.165) is 12.8 Å². The molecule has 1 aliphatic carbocycles. The van der Waals surface area contributed by atoms with Crippen LogP contribution < -0.4 is 4.72 Å². The molecule has 2 atom stereocenters. The Labute approximate surface area is 106 Å². The predicted octanol–water partition coefficient (Wildman–Crippen LogP) is 1.46. The van der Waals surface area contributed by atoms with Crippen molar-refractivity contribution in [3.63, 3.8) is 0 Å². The molecule has 0 bridgehead atoms. The van der Waals surface area contributed by atoms with Gasteiger partial charge in [-0.1, -0.05) is 19.4 Å². The van der Waals surface area contributed by atoms with E-state index in [0.29, 0.717) is 5.92 Å². The van der Waals surface area contributed by atoms with Crippen molar-refractivity contribution in [2.75, 3.05) is 0 Å². The van der Waals surface area contributed by atoms with Gasteiger partial charge < -0.3 is 5.11 Å². The molecule has 0 saturated heterocycles. The third-order valence-corrected chi connectivity index (χ3v) is 4.63. The normalized spacial score (nSPS) is 22.7. The first kappa shape index (κ1) is 13.0. The highest BCUT2D eigenvalue weighted by molar-refractivity contribution is 7.89. The molecule has 0 radical (unpaired) electrons. The summed E-state index contributed by atoms with van der Waals surface area (Å²) < 4.78 is 26.6. The minimum absolute atomic E-state index is 0.00385. The van der Waals surface area contributed by atoms with Crippen molar-refractivity contribution in [1.82, 2.24) is 4.72 Å². The van der Waals surface area contributed by atoms with Gasteiger partial charge in [0.05, 0.1) is 10.5 Å². The third-order valence-electron chi connectivity index (χ3n) is 3.14. The van der Waals surface area contributed by atoms with Gasteiger partial charge in [0.25, 0.3) is 0 Å². The van der Waals surface area contributed by atoms with E-state index < -0.39 is 16.0 Å². The summed E-state index contributed by atoms with van der Waals surface area (Å²) in [6, 6.07) is 5.37. The molecule has 1 aromatic carbocycles. The summed E-state index contributed by atoms with van der Waals surface area (Å²) in [5.41, 5.74) is -0.0271. The Bertz CT molecular complexity index is 567. The second-order valence-electron chi connectivity index (χ2n) is 4.46. The molecular weight excluding hydrogens is 254 g/mol. The number of carboxylic acids is 1. The lowest BCUT2D eigenvalue weighted by atomic mass is 10.2. The Morgan fingerprint density at radius 3 is 2.78 bits per heavy atom. The quantitative estimate of drug-likeness (QED) is 0.847. The van der Waals surface area contributed by atoms with Gasteiger partial charge in [0.2, 0.25) is 10.0 Å². The van der Waals surface area contributed by atoms with Crippen molar-refractivity contribution in [3.05, 3.63) is 29.8 Å². The first-order chi connectivity index (χ1) is 8.44. The van der Waals surface area contributed by atoms with Crippen LogP contribution in [0.3, 0.4) is 0 Å². The van der Waals surface area contributed by atoms with Crippen molar-refractivity contribution >= 4 is 16.0 Å². The highest BCUT2D eigenvalue weighted by atomic mass is 32.2.